The molecule has 3 N–H and O–H groups in total. The molecular weight excluding hydrogens is 270 g/mol. The zero-order valence-electron chi connectivity index (χ0n) is 12.3. The summed E-state index contributed by atoms with van der Waals surface area (Å²) in [6.45, 7) is 6.31. The summed E-state index contributed by atoms with van der Waals surface area (Å²) in [6, 6.07) is 14.1. The van der Waals surface area contributed by atoms with Crippen LogP contribution < -0.4 is 5.73 Å². The second-order valence-corrected chi connectivity index (χ2v) is 6.29. The first kappa shape index (κ1) is 17.0. The minimum atomic E-state index is -0.514. The van der Waals surface area contributed by atoms with E-state index in [0.717, 1.165) is 16.3 Å². The summed E-state index contributed by atoms with van der Waals surface area (Å²) >= 11 is 0. The molecule has 0 saturated carbocycles. The second-order valence-electron chi connectivity index (χ2n) is 6.29. The van der Waals surface area contributed by atoms with Crippen molar-refractivity contribution >= 4 is 23.2 Å². The number of aliphatic hydroxyl groups is 1. The first-order chi connectivity index (χ1) is 8.89. The van der Waals surface area contributed by atoms with Crippen LogP contribution >= 0.6 is 12.4 Å². The third-order valence-corrected chi connectivity index (χ3v) is 3.77. The fourth-order valence-electron chi connectivity index (χ4n) is 2.26. The molecule has 0 bridgehead atoms. The highest BCUT2D eigenvalue weighted by Gasteiger charge is 2.24. The van der Waals surface area contributed by atoms with E-state index in [1.807, 2.05) is 24.3 Å². The van der Waals surface area contributed by atoms with Crippen LogP contribution in [0.3, 0.4) is 0 Å². The fourth-order valence-corrected chi connectivity index (χ4v) is 2.26. The minimum absolute atomic E-state index is 0. The van der Waals surface area contributed by atoms with Crippen molar-refractivity contribution in [3.8, 4) is 0 Å². The lowest BCUT2D eigenvalue weighted by Gasteiger charge is -2.29. The lowest BCUT2D eigenvalue weighted by molar-refractivity contribution is 0.134. The largest absolute Gasteiger partial charge is 0.388 e. The molecule has 0 aliphatic carbocycles. The van der Waals surface area contributed by atoms with Crippen molar-refractivity contribution in [2.45, 2.75) is 39.3 Å². The first-order valence-corrected chi connectivity index (χ1v) is 6.81. The van der Waals surface area contributed by atoms with Crippen LogP contribution in [0.2, 0.25) is 0 Å². The minimum Gasteiger partial charge on any atom is -0.388 e. The third kappa shape index (κ3) is 3.72. The van der Waals surface area contributed by atoms with E-state index >= 15 is 0 Å². The van der Waals surface area contributed by atoms with E-state index in [2.05, 4.69) is 39.0 Å². The van der Waals surface area contributed by atoms with E-state index in [1.165, 1.54) is 0 Å². The van der Waals surface area contributed by atoms with Gasteiger partial charge in [-0.1, -0.05) is 63.2 Å². The van der Waals surface area contributed by atoms with Gasteiger partial charge in [-0.25, -0.2) is 0 Å². The van der Waals surface area contributed by atoms with E-state index in [1.54, 1.807) is 0 Å². The normalized spacial score (nSPS) is 14.7. The van der Waals surface area contributed by atoms with Crippen LogP contribution in [0.1, 0.15) is 38.9 Å². The van der Waals surface area contributed by atoms with Crippen molar-refractivity contribution < 1.29 is 5.11 Å². The van der Waals surface area contributed by atoms with Crippen LogP contribution in [-0.4, -0.2) is 11.1 Å². The zero-order valence-corrected chi connectivity index (χ0v) is 13.2. The summed E-state index contributed by atoms with van der Waals surface area (Å²) in [5, 5.41) is 12.7. The number of benzene rings is 2. The molecule has 0 saturated heterocycles. The van der Waals surface area contributed by atoms with E-state index < -0.39 is 6.10 Å². The Morgan fingerprint density at radius 3 is 2.30 bits per heavy atom. The predicted octanol–water partition coefficient (Wildman–Crippen LogP) is 4.06. The second kappa shape index (κ2) is 6.57. The molecule has 0 spiro atoms. The fraction of sp³-hybridized carbons (Fsp3) is 0.412. The standard InChI is InChI=1S/C17H23NO.ClH/c1-17(2,3)16(18)11-15(19)14-10-6-8-12-7-4-5-9-13(12)14;/h4-10,15-16,19H,11,18H2,1-3H3;1H/t15-,16-;/m1./s1. The molecule has 2 rings (SSSR count). The Bertz CT molecular complexity index is 557. The Kier molecular flexibility index (Phi) is 5.58. The van der Waals surface area contributed by atoms with Crippen LogP contribution in [-0.2, 0) is 0 Å². The topological polar surface area (TPSA) is 46.2 Å². The molecule has 0 aromatic heterocycles. The van der Waals surface area contributed by atoms with Crippen molar-refractivity contribution in [3.63, 3.8) is 0 Å². The molecule has 2 nitrogen and oxygen atoms in total. The number of fused-ring (bicyclic) bond motifs is 1. The molecule has 0 heterocycles. The maximum atomic E-state index is 10.5. The summed E-state index contributed by atoms with van der Waals surface area (Å²) in [6.07, 6.45) is 0.0673. The molecule has 2 atom stereocenters. The van der Waals surface area contributed by atoms with Gasteiger partial charge in [0, 0.05) is 6.04 Å². The summed E-state index contributed by atoms with van der Waals surface area (Å²) in [5.74, 6) is 0. The van der Waals surface area contributed by atoms with E-state index in [0.29, 0.717) is 6.42 Å². The van der Waals surface area contributed by atoms with Crippen molar-refractivity contribution in [2.75, 3.05) is 0 Å². The van der Waals surface area contributed by atoms with Crippen LogP contribution in [0.5, 0.6) is 0 Å². The average molecular weight is 294 g/mol. The molecule has 0 aliphatic heterocycles. The van der Waals surface area contributed by atoms with Gasteiger partial charge in [-0.2, -0.15) is 0 Å². The molecule has 2 aromatic carbocycles. The van der Waals surface area contributed by atoms with E-state index in [9.17, 15) is 5.11 Å². The molecule has 3 heteroatoms. The maximum Gasteiger partial charge on any atom is 0.0811 e. The van der Waals surface area contributed by atoms with Crippen molar-refractivity contribution in [3.05, 3.63) is 48.0 Å². The van der Waals surface area contributed by atoms with E-state index in [4.69, 9.17) is 5.73 Å². The number of aliphatic hydroxyl groups excluding tert-OH is 1. The summed E-state index contributed by atoms with van der Waals surface area (Å²) in [4.78, 5) is 0. The number of hydrogen-bond donors (Lipinski definition) is 2. The molecule has 20 heavy (non-hydrogen) atoms. The summed E-state index contributed by atoms with van der Waals surface area (Å²) in [7, 11) is 0. The monoisotopic (exact) mass is 293 g/mol. The first-order valence-electron chi connectivity index (χ1n) is 6.81. The molecule has 2 aromatic rings. The number of nitrogens with two attached hydrogens (primary N) is 1. The Hall–Kier alpha value is -1.09. The van der Waals surface area contributed by atoms with Gasteiger partial charge >= 0.3 is 0 Å². The van der Waals surface area contributed by atoms with Crippen molar-refractivity contribution in [1.29, 1.82) is 0 Å². The molecule has 0 radical (unpaired) electrons. The van der Waals surface area contributed by atoms with Gasteiger partial charge in [0.1, 0.15) is 0 Å². The van der Waals surface area contributed by atoms with Crippen LogP contribution in [0, 0.1) is 5.41 Å². The van der Waals surface area contributed by atoms with Gasteiger partial charge in [-0.15, -0.1) is 12.4 Å². The van der Waals surface area contributed by atoms with Crippen molar-refractivity contribution in [2.24, 2.45) is 11.1 Å². The van der Waals surface area contributed by atoms with Gasteiger partial charge in [0.15, 0.2) is 0 Å². The van der Waals surface area contributed by atoms with Gasteiger partial charge in [-0.3, -0.25) is 0 Å². The highest BCUT2D eigenvalue weighted by Crippen LogP contribution is 2.30. The van der Waals surface area contributed by atoms with E-state index in [-0.39, 0.29) is 23.9 Å². The molecule has 0 aliphatic rings. The zero-order chi connectivity index (χ0) is 14.0. The smallest absolute Gasteiger partial charge is 0.0811 e. The van der Waals surface area contributed by atoms with Crippen LogP contribution in [0.4, 0.5) is 0 Å². The number of halogens is 1. The third-order valence-electron chi connectivity index (χ3n) is 3.77. The SMILES string of the molecule is CC(C)(C)[C@H](N)C[C@@H](O)c1cccc2ccccc12.Cl. The van der Waals surface area contributed by atoms with Crippen LogP contribution in [0.25, 0.3) is 10.8 Å². The van der Waals surface area contributed by atoms with Crippen LogP contribution in [0.15, 0.2) is 42.5 Å². The highest BCUT2D eigenvalue weighted by atomic mass is 35.5. The summed E-state index contributed by atoms with van der Waals surface area (Å²) in [5.41, 5.74) is 7.15. The number of hydrogen-bond acceptors (Lipinski definition) is 2. The lowest BCUT2D eigenvalue weighted by atomic mass is 9.82. The average Bonchev–Trinajstić information content (AvgIpc) is 2.36. The lowest BCUT2D eigenvalue weighted by Crippen LogP contribution is -2.36. The van der Waals surface area contributed by atoms with Gasteiger partial charge in [0.2, 0.25) is 0 Å². The maximum absolute atomic E-state index is 10.5. The Labute approximate surface area is 127 Å². The predicted molar refractivity (Wildman–Crippen MR) is 88.2 cm³/mol. The molecular formula is C17H24ClNO. The number of rotatable bonds is 3. The van der Waals surface area contributed by atoms with Gasteiger partial charge in [0.25, 0.3) is 0 Å². The molecule has 0 unspecified atom stereocenters. The molecule has 110 valence electrons. The Morgan fingerprint density at radius 2 is 1.65 bits per heavy atom. The van der Waals surface area contributed by atoms with Gasteiger partial charge in [0.05, 0.1) is 6.10 Å². The molecule has 0 fully saturated rings. The quantitative estimate of drug-likeness (QED) is 0.896. The Morgan fingerprint density at radius 1 is 1.05 bits per heavy atom. The highest BCUT2D eigenvalue weighted by molar-refractivity contribution is 5.86. The van der Waals surface area contributed by atoms with Crippen molar-refractivity contribution in [1.82, 2.24) is 0 Å². The summed E-state index contributed by atoms with van der Waals surface area (Å²) < 4.78 is 0. The molecule has 0 amide bonds. The van der Waals surface area contributed by atoms with Gasteiger partial charge in [-0.05, 0) is 28.2 Å². The Balaban J connectivity index is 0.00000200. The van der Waals surface area contributed by atoms with Gasteiger partial charge < -0.3 is 10.8 Å².